The van der Waals surface area contributed by atoms with Crippen LogP contribution in [-0.2, 0) is 10.0 Å². The van der Waals surface area contributed by atoms with Gasteiger partial charge in [-0.25, -0.2) is 17.5 Å². The Bertz CT molecular complexity index is 522. The smallest absolute Gasteiger partial charge is 0.242 e. The van der Waals surface area contributed by atoms with Gasteiger partial charge in [0.2, 0.25) is 10.0 Å². The topological polar surface area (TPSA) is 92.4 Å². The number of sulfonamides is 1. The van der Waals surface area contributed by atoms with Gasteiger partial charge in [-0.3, -0.25) is 0 Å². The summed E-state index contributed by atoms with van der Waals surface area (Å²) in [6, 6.07) is 1.84. The van der Waals surface area contributed by atoms with E-state index in [2.05, 4.69) is 4.72 Å². The maximum Gasteiger partial charge on any atom is 0.242 e. The maximum atomic E-state index is 13.0. The van der Waals surface area contributed by atoms with Crippen LogP contribution in [0.15, 0.2) is 17.0 Å². The Morgan fingerprint density at radius 2 is 2.06 bits per heavy atom. The van der Waals surface area contributed by atoms with E-state index < -0.39 is 15.8 Å². The van der Waals surface area contributed by atoms with Gasteiger partial charge in [0.1, 0.15) is 10.7 Å². The van der Waals surface area contributed by atoms with Crippen molar-refractivity contribution in [3.05, 3.63) is 23.0 Å². The van der Waals surface area contributed by atoms with E-state index in [9.17, 15) is 12.8 Å². The van der Waals surface area contributed by atoms with Crippen molar-refractivity contribution in [1.82, 2.24) is 4.72 Å². The number of benzene rings is 1. The van der Waals surface area contributed by atoms with Gasteiger partial charge in [0.05, 0.1) is 10.7 Å². The fourth-order valence-corrected chi connectivity index (χ4v) is 2.89. The molecule has 5 nitrogen and oxygen atoms in total. The van der Waals surface area contributed by atoms with E-state index in [0.29, 0.717) is 12.8 Å². The second-order valence-corrected chi connectivity index (χ2v) is 5.78. The highest BCUT2D eigenvalue weighted by Crippen LogP contribution is 2.26. The number of halogens is 2. The molecule has 0 fully saturated rings. The molecular formula is C10H14ClFN2O3S. The Labute approximate surface area is 110 Å². The first-order chi connectivity index (χ1) is 8.38. The molecule has 0 saturated carbocycles. The third-order valence-electron chi connectivity index (χ3n) is 2.22. The minimum Gasteiger partial charge on any atom is -0.396 e. The number of unbranched alkanes of at least 4 members (excludes halogenated alkanes) is 1. The van der Waals surface area contributed by atoms with E-state index in [1.54, 1.807) is 0 Å². The molecule has 0 saturated heterocycles. The van der Waals surface area contributed by atoms with Gasteiger partial charge < -0.3 is 10.8 Å². The number of hydrogen-bond acceptors (Lipinski definition) is 4. The van der Waals surface area contributed by atoms with E-state index in [-0.39, 0.29) is 28.8 Å². The zero-order chi connectivity index (χ0) is 13.8. The lowest BCUT2D eigenvalue weighted by Gasteiger charge is -2.09. The molecule has 0 aromatic heterocycles. The highest BCUT2D eigenvalue weighted by molar-refractivity contribution is 7.89. The Hall–Kier alpha value is -0.890. The van der Waals surface area contributed by atoms with Crippen LogP contribution >= 0.6 is 11.6 Å². The van der Waals surface area contributed by atoms with Gasteiger partial charge >= 0.3 is 0 Å². The first-order valence-electron chi connectivity index (χ1n) is 5.23. The summed E-state index contributed by atoms with van der Waals surface area (Å²) in [4.78, 5) is -0.257. The zero-order valence-corrected chi connectivity index (χ0v) is 11.1. The van der Waals surface area contributed by atoms with Crippen molar-refractivity contribution >= 4 is 27.3 Å². The van der Waals surface area contributed by atoms with Crippen molar-refractivity contribution in [1.29, 1.82) is 0 Å². The van der Waals surface area contributed by atoms with Crippen LogP contribution < -0.4 is 10.5 Å². The van der Waals surface area contributed by atoms with Gasteiger partial charge in [-0.15, -0.1) is 0 Å². The monoisotopic (exact) mass is 296 g/mol. The van der Waals surface area contributed by atoms with Gasteiger partial charge in [0, 0.05) is 13.2 Å². The fraction of sp³-hybridized carbons (Fsp3) is 0.400. The molecule has 0 aliphatic carbocycles. The molecule has 0 heterocycles. The molecule has 0 aliphatic heterocycles. The average molecular weight is 297 g/mol. The summed E-state index contributed by atoms with van der Waals surface area (Å²) in [6.45, 7) is 0.155. The molecule has 0 amide bonds. The number of aliphatic hydroxyl groups is 1. The van der Waals surface area contributed by atoms with Gasteiger partial charge in [-0.1, -0.05) is 11.6 Å². The molecule has 8 heteroatoms. The van der Waals surface area contributed by atoms with Crippen LogP contribution in [0.3, 0.4) is 0 Å². The first-order valence-corrected chi connectivity index (χ1v) is 7.09. The van der Waals surface area contributed by atoms with Crippen LogP contribution in [-0.4, -0.2) is 26.7 Å². The second-order valence-electron chi connectivity index (χ2n) is 3.63. The van der Waals surface area contributed by atoms with Crippen LogP contribution in [0.2, 0.25) is 5.02 Å². The number of nitrogens with two attached hydrogens (primary N) is 1. The van der Waals surface area contributed by atoms with Gasteiger partial charge in [0.15, 0.2) is 0 Å². The highest BCUT2D eigenvalue weighted by atomic mass is 35.5. The Balaban J connectivity index is 2.88. The van der Waals surface area contributed by atoms with Crippen LogP contribution in [0.4, 0.5) is 10.1 Å². The standard InChI is InChI=1S/C10H14ClFN2O3S/c11-7-5-8(12)9(13)6-10(7)18(16,17)14-3-1-2-4-15/h5-6,14-15H,1-4,13H2. The number of nitrogens with one attached hydrogen (secondary N) is 1. The quantitative estimate of drug-likeness (QED) is 0.541. The summed E-state index contributed by atoms with van der Waals surface area (Å²) in [5.74, 6) is -0.765. The molecule has 0 spiro atoms. The van der Waals surface area contributed by atoms with Gasteiger partial charge in [-0.2, -0.15) is 0 Å². The number of aliphatic hydroxyl groups excluding tert-OH is 1. The normalized spacial score (nSPS) is 11.7. The third-order valence-corrected chi connectivity index (χ3v) is 4.14. The maximum absolute atomic E-state index is 13.0. The minimum absolute atomic E-state index is 0.00796. The van der Waals surface area contributed by atoms with Gasteiger partial charge in [0.25, 0.3) is 0 Å². The molecule has 0 radical (unpaired) electrons. The van der Waals surface area contributed by atoms with Crippen LogP contribution in [0.25, 0.3) is 0 Å². The largest absolute Gasteiger partial charge is 0.396 e. The van der Waals surface area contributed by atoms with E-state index >= 15 is 0 Å². The van der Waals surface area contributed by atoms with Crippen molar-refractivity contribution in [2.75, 3.05) is 18.9 Å². The molecule has 1 rings (SSSR count). The lowest BCUT2D eigenvalue weighted by Crippen LogP contribution is -2.25. The fourth-order valence-electron chi connectivity index (χ4n) is 1.27. The number of nitrogen functional groups attached to an aromatic ring is 1. The van der Waals surface area contributed by atoms with Gasteiger partial charge in [-0.05, 0) is 25.0 Å². The Kier molecular flexibility index (Phi) is 5.33. The molecule has 0 aliphatic rings. The van der Waals surface area contributed by atoms with Crippen molar-refractivity contribution in [2.45, 2.75) is 17.7 Å². The predicted octanol–water partition coefficient (Wildman–Crippen LogP) is 1.11. The summed E-state index contributed by atoms with van der Waals surface area (Å²) in [5, 5.41) is 8.34. The molecular weight excluding hydrogens is 283 g/mol. The van der Waals surface area contributed by atoms with Crippen LogP contribution in [0, 0.1) is 5.82 Å². The number of anilines is 1. The lowest BCUT2D eigenvalue weighted by molar-refractivity contribution is 0.285. The van der Waals surface area contributed by atoms with E-state index in [0.717, 1.165) is 12.1 Å². The molecule has 1 aromatic rings. The number of rotatable bonds is 6. The zero-order valence-electron chi connectivity index (χ0n) is 9.49. The summed E-state index contributed by atoms with van der Waals surface area (Å²) in [6.07, 6.45) is 0.978. The molecule has 0 unspecified atom stereocenters. The van der Waals surface area contributed by atoms with Crippen molar-refractivity contribution in [3.63, 3.8) is 0 Å². The molecule has 1 aromatic carbocycles. The van der Waals surface area contributed by atoms with Crippen molar-refractivity contribution in [2.24, 2.45) is 0 Å². The lowest BCUT2D eigenvalue weighted by atomic mass is 10.3. The Morgan fingerprint density at radius 3 is 2.67 bits per heavy atom. The molecule has 102 valence electrons. The third kappa shape index (κ3) is 3.81. The molecule has 4 N–H and O–H groups in total. The van der Waals surface area contributed by atoms with Crippen LogP contribution in [0.5, 0.6) is 0 Å². The minimum atomic E-state index is -3.82. The molecule has 0 bridgehead atoms. The summed E-state index contributed by atoms with van der Waals surface area (Å²) < 4.78 is 39.0. The van der Waals surface area contributed by atoms with Crippen molar-refractivity contribution < 1.29 is 17.9 Å². The number of hydrogen-bond donors (Lipinski definition) is 3. The SMILES string of the molecule is Nc1cc(S(=O)(=O)NCCCCO)c(Cl)cc1F. The van der Waals surface area contributed by atoms with E-state index in [1.165, 1.54) is 0 Å². The predicted molar refractivity (Wildman–Crippen MR) is 67.3 cm³/mol. The molecule has 0 atom stereocenters. The summed E-state index contributed by atoms with van der Waals surface area (Å²) in [7, 11) is -3.82. The summed E-state index contributed by atoms with van der Waals surface area (Å²) in [5.41, 5.74) is 5.02. The Morgan fingerprint density at radius 1 is 1.39 bits per heavy atom. The first kappa shape index (κ1) is 15.2. The second kappa shape index (κ2) is 6.33. The summed E-state index contributed by atoms with van der Waals surface area (Å²) >= 11 is 5.67. The van der Waals surface area contributed by atoms with Crippen LogP contribution in [0.1, 0.15) is 12.8 Å². The highest BCUT2D eigenvalue weighted by Gasteiger charge is 2.19. The van der Waals surface area contributed by atoms with E-state index in [1.807, 2.05) is 0 Å². The molecule has 18 heavy (non-hydrogen) atoms. The average Bonchev–Trinajstić information content (AvgIpc) is 2.29. The van der Waals surface area contributed by atoms with Crippen molar-refractivity contribution in [3.8, 4) is 0 Å². The van der Waals surface area contributed by atoms with E-state index in [4.69, 9.17) is 22.4 Å².